The minimum absolute atomic E-state index is 0.00496. The van der Waals surface area contributed by atoms with E-state index in [0.717, 1.165) is 0 Å². The molecule has 0 bridgehead atoms. The van der Waals surface area contributed by atoms with E-state index in [0.29, 0.717) is 18.4 Å². The summed E-state index contributed by atoms with van der Waals surface area (Å²) < 4.78 is 17.8. The number of carbonyl (C=O) groups is 10. The topological polar surface area (TPSA) is 375 Å². The Labute approximate surface area is 494 Å². The summed E-state index contributed by atoms with van der Waals surface area (Å²) in [4.78, 5) is 138. The molecule has 4 aliphatic rings. The van der Waals surface area contributed by atoms with Crippen LogP contribution in [-0.2, 0) is 60.7 Å². The molecule has 25 heteroatoms. The molecule has 2 heterocycles. The molecule has 4 aromatic carbocycles. The molecule has 2 aliphatic heterocycles. The highest BCUT2D eigenvalue weighted by Gasteiger charge is 2.51. The Hall–Kier alpha value is -8.62. The summed E-state index contributed by atoms with van der Waals surface area (Å²) >= 11 is 0. The van der Waals surface area contributed by atoms with Crippen LogP contribution >= 0.6 is 0 Å². The highest BCUT2D eigenvalue weighted by Crippen LogP contribution is 2.52. The van der Waals surface area contributed by atoms with Crippen LogP contribution in [0.3, 0.4) is 0 Å². The summed E-state index contributed by atoms with van der Waals surface area (Å²) in [6.45, 7) is 4.54. The smallest absolute Gasteiger partial charge is 0.247 e. The standard InChI is InChI=1S/C61H71N7O18/c1-30(2)22-38(65-59(81)40-19-13-21-68(40)45(73)28-62-32(4)70)57(79)63-27-44(72)67-51(34-16-10-7-11-17-34)60(82)66-39(23-33-14-8-6-9-15-33)58(80)64-37-24-46(85-31(3)52(37)74)86-42-26-61(83,43(71)29-69)25-36-48(42)56(78)50-49(54(36)76)53(75)35-18-12-20-41(84-5)47(35)55(50)77/h6-12,14-18,20,30-31,37-40,42,46,51-52,69,74,76,78,83H,13,19,21-29H2,1-5H3,(H,62,70)(H,63,79)(H,64,80)(H,65,81)(H,66,82)(H,67,72)/t31-,37-,38-,39-,40-,42-,46-,51-,52+,61-/m0/s1. The fourth-order valence-electron chi connectivity index (χ4n) is 11.5. The number of rotatable bonds is 22. The number of nitrogens with one attached hydrogen (secondary N) is 6. The number of benzene rings is 4. The van der Waals surface area contributed by atoms with Crippen molar-refractivity contribution in [2.45, 2.75) is 133 Å². The van der Waals surface area contributed by atoms with Crippen molar-refractivity contribution in [3.05, 3.63) is 123 Å². The van der Waals surface area contributed by atoms with Crippen LogP contribution in [0, 0.1) is 5.92 Å². The SMILES string of the molecule is COc1cccc2c1C(=O)c1c(O)c3c(c(O)c1C2=O)C[C@@](O)(C(=O)CO)C[C@@H]3O[C@H]1C[C@H](NC(=O)[C@H](Cc2ccccc2)NC(=O)[C@@H](NC(=O)CNC(=O)[C@H](CC(C)C)NC(=O)[C@@H]2CCCN2C(=O)CNC(C)=O)c2ccccc2)[C@H](O)[C@H](C)O1. The highest BCUT2D eigenvalue weighted by molar-refractivity contribution is 6.31. The van der Waals surface area contributed by atoms with Crippen molar-refractivity contribution in [1.29, 1.82) is 0 Å². The van der Waals surface area contributed by atoms with E-state index < -0.39 is 168 Å². The summed E-state index contributed by atoms with van der Waals surface area (Å²) in [6.07, 6.45) is -6.52. The van der Waals surface area contributed by atoms with Gasteiger partial charge in [0, 0.05) is 55.8 Å². The zero-order chi connectivity index (χ0) is 62.3. The first-order chi connectivity index (χ1) is 40.9. The molecule has 86 heavy (non-hydrogen) atoms. The predicted molar refractivity (Wildman–Crippen MR) is 303 cm³/mol. The van der Waals surface area contributed by atoms with Gasteiger partial charge in [0.15, 0.2) is 17.9 Å². The van der Waals surface area contributed by atoms with Gasteiger partial charge in [0.2, 0.25) is 47.1 Å². The van der Waals surface area contributed by atoms with Crippen LogP contribution in [0.2, 0.25) is 0 Å². The van der Waals surface area contributed by atoms with Crippen molar-refractivity contribution < 1.29 is 87.7 Å². The average molecular weight is 1190 g/mol. The third kappa shape index (κ3) is 13.9. The van der Waals surface area contributed by atoms with Crippen molar-refractivity contribution in [3.63, 3.8) is 0 Å². The van der Waals surface area contributed by atoms with Gasteiger partial charge in [-0.2, -0.15) is 0 Å². The van der Waals surface area contributed by atoms with Gasteiger partial charge in [-0.05, 0) is 49.3 Å². The molecule has 4 aromatic rings. The average Bonchev–Trinajstić information content (AvgIpc) is 0.871. The molecule has 25 nitrogen and oxygen atoms in total. The van der Waals surface area contributed by atoms with E-state index in [1.165, 1.54) is 44.1 Å². The quantitative estimate of drug-likeness (QED) is 0.0421. The maximum atomic E-state index is 14.7. The van der Waals surface area contributed by atoms with Crippen LogP contribution in [0.1, 0.15) is 126 Å². The Balaban J connectivity index is 0.996. The number of ketones is 3. The van der Waals surface area contributed by atoms with Crippen molar-refractivity contribution >= 4 is 58.7 Å². The molecule has 0 unspecified atom stereocenters. The zero-order valence-corrected chi connectivity index (χ0v) is 48.0. The number of methoxy groups -OCH3 is 1. The molecular formula is C61H71N7O18. The van der Waals surface area contributed by atoms with E-state index in [1.807, 2.05) is 13.8 Å². The number of aliphatic hydroxyl groups excluding tert-OH is 2. The number of Topliss-reactive ketones (excluding diaryl/α,β-unsaturated/α-hetero) is 1. The number of aromatic hydroxyl groups is 2. The molecule has 2 fully saturated rings. The molecule has 2 saturated heterocycles. The molecule has 458 valence electrons. The zero-order valence-electron chi connectivity index (χ0n) is 48.0. The summed E-state index contributed by atoms with van der Waals surface area (Å²) in [5.41, 5.74) is -3.74. The van der Waals surface area contributed by atoms with Gasteiger partial charge in [-0.25, -0.2) is 0 Å². The van der Waals surface area contributed by atoms with Crippen LogP contribution in [0.5, 0.6) is 17.2 Å². The van der Waals surface area contributed by atoms with Gasteiger partial charge < -0.3 is 76.5 Å². The molecule has 2 aliphatic carbocycles. The van der Waals surface area contributed by atoms with E-state index in [4.69, 9.17) is 14.2 Å². The first kappa shape index (κ1) is 63.4. The number of carbonyl (C=O) groups excluding carboxylic acids is 10. The lowest BCUT2D eigenvalue weighted by atomic mass is 9.72. The Morgan fingerprint density at radius 1 is 0.802 bits per heavy atom. The molecule has 0 radical (unpaired) electrons. The number of nitrogens with zero attached hydrogens (tertiary/aromatic N) is 1. The summed E-state index contributed by atoms with van der Waals surface area (Å²) in [5, 5.41) is 73.2. The van der Waals surface area contributed by atoms with Crippen molar-refractivity contribution in [1.82, 2.24) is 36.8 Å². The maximum Gasteiger partial charge on any atom is 0.247 e. The van der Waals surface area contributed by atoms with E-state index in [-0.39, 0.29) is 71.8 Å². The maximum absolute atomic E-state index is 14.7. The molecule has 0 aromatic heterocycles. The van der Waals surface area contributed by atoms with Gasteiger partial charge >= 0.3 is 0 Å². The number of ether oxygens (including phenoxy) is 3. The third-order valence-electron chi connectivity index (χ3n) is 15.8. The van der Waals surface area contributed by atoms with E-state index in [9.17, 15) is 73.5 Å². The number of aliphatic hydroxyl groups is 3. The van der Waals surface area contributed by atoms with Gasteiger partial charge in [0.25, 0.3) is 0 Å². The van der Waals surface area contributed by atoms with Gasteiger partial charge in [0.1, 0.15) is 59.7 Å². The number of amides is 7. The highest BCUT2D eigenvalue weighted by atomic mass is 16.7. The molecule has 0 saturated carbocycles. The molecule has 8 rings (SSSR count). The normalized spacial score (nSPS) is 22.4. The largest absolute Gasteiger partial charge is 0.507 e. The van der Waals surface area contributed by atoms with Crippen molar-refractivity contribution in [3.8, 4) is 17.2 Å². The molecule has 11 N–H and O–H groups in total. The van der Waals surface area contributed by atoms with Crippen LogP contribution in [-0.4, -0.2) is 171 Å². The molecule has 0 spiro atoms. The van der Waals surface area contributed by atoms with Crippen LogP contribution in [0.25, 0.3) is 0 Å². The van der Waals surface area contributed by atoms with Gasteiger partial charge in [0.05, 0.1) is 55.1 Å². The van der Waals surface area contributed by atoms with Crippen LogP contribution in [0.4, 0.5) is 0 Å². The number of phenolic OH excluding ortho intramolecular Hbond substituents is 2. The molecule has 10 atom stereocenters. The molecule has 7 amide bonds. The Kier molecular flexibility index (Phi) is 20.0. The lowest BCUT2D eigenvalue weighted by molar-refractivity contribution is -0.249. The van der Waals surface area contributed by atoms with E-state index in [2.05, 4.69) is 31.9 Å². The Morgan fingerprint density at radius 3 is 2.15 bits per heavy atom. The number of hydrogen-bond acceptors (Lipinski definition) is 18. The number of phenols is 2. The molecular weight excluding hydrogens is 1120 g/mol. The lowest BCUT2D eigenvalue weighted by Gasteiger charge is -2.43. The van der Waals surface area contributed by atoms with Gasteiger partial charge in [-0.15, -0.1) is 0 Å². The van der Waals surface area contributed by atoms with Crippen molar-refractivity contribution in [2.75, 3.05) is 33.4 Å². The van der Waals surface area contributed by atoms with Crippen molar-refractivity contribution in [2.24, 2.45) is 5.92 Å². The van der Waals surface area contributed by atoms with E-state index >= 15 is 0 Å². The van der Waals surface area contributed by atoms with Crippen LogP contribution < -0.4 is 36.6 Å². The van der Waals surface area contributed by atoms with Gasteiger partial charge in [-0.3, -0.25) is 47.9 Å². The minimum Gasteiger partial charge on any atom is -0.507 e. The summed E-state index contributed by atoms with van der Waals surface area (Å²) in [6, 6.07) is 14.7. The predicted octanol–water partition coefficient (Wildman–Crippen LogP) is 0.518. The second-order valence-electron chi connectivity index (χ2n) is 22.3. The van der Waals surface area contributed by atoms with Crippen LogP contribution in [0.15, 0.2) is 78.9 Å². The fraction of sp³-hybridized carbons (Fsp3) is 0.443. The first-order valence-electron chi connectivity index (χ1n) is 28.3. The van der Waals surface area contributed by atoms with E-state index in [1.54, 1.807) is 60.7 Å². The number of likely N-dealkylation sites (tertiary alicyclic amines) is 1. The summed E-state index contributed by atoms with van der Waals surface area (Å²) in [7, 11) is 1.28. The second-order valence-corrected chi connectivity index (χ2v) is 22.3. The summed E-state index contributed by atoms with van der Waals surface area (Å²) in [5.74, 6) is -9.28. The monoisotopic (exact) mass is 1190 g/mol. The minimum atomic E-state index is -2.47. The fourth-order valence-corrected chi connectivity index (χ4v) is 11.5. The second kappa shape index (κ2) is 27.2. The number of hydrogen-bond donors (Lipinski definition) is 11. The van der Waals surface area contributed by atoms with Gasteiger partial charge in [-0.1, -0.05) is 86.6 Å². The Morgan fingerprint density at radius 2 is 1.49 bits per heavy atom. The first-order valence-corrected chi connectivity index (χ1v) is 28.3. The third-order valence-corrected chi connectivity index (χ3v) is 15.8. The Bertz CT molecular complexity index is 3290. The lowest BCUT2D eigenvalue weighted by Crippen LogP contribution is -2.59. The number of fused-ring (bicyclic) bond motifs is 3.